The van der Waals surface area contributed by atoms with Gasteiger partial charge in [-0.3, -0.25) is 0 Å². The highest BCUT2D eigenvalue weighted by molar-refractivity contribution is 6.07. The molecule has 0 bridgehead atoms. The summed E-state index contributed by atoms with van der Waals surface area (Å²) >= 11 is 0. The predicted octanol–water partition coefficient (Wildman–Crippen LogP) is 7.53. The van der Waals surface area contributed by atoms with Gasteiger partial charge >= 0.3 is 0 Å². The van der Waals surface area contributed by atoms with Crippen molar-refractivity contribution < 1.29 is 4.42 Å². The molecule has 0 saturated heterocycles. The van der Waals surface area contributed by atoms with Crippen molar-refractivity contribution in [2.75, 3.05) is 0 Å². The van der Waals surface area contributed by atoms with Crippen molar-refractivity contribution in [3.8, 4) is 11.1 Å². The maximum absolute atomic E-state index is 6.09. The lowest BCUT2D eigenvalue weighted by molar-refractivity contribution is 0.669. The number of rotatable bonds is 2. The first kappa shape index (κ1) is 15.2. The van der Waals surface area contributed by atoms with Crippen molar-refractivity contribution in [3.05, 3.63) is 84.4 Å². The predicted molar refractivity (Wildman–Crippen MR) is 111 cm³/mol. The molecule has 0 radical (unpaired) electrons. The molecule has 1 nitrogen and oxygen atoms in total. The van der Waals surface area contributed by atoms with Crippen LogP contribution in [0, 0.1) is 0 Å². The first-order chi connectivity index (χ1) is 12.7. The molecule has 126 valence electrons. The van der Waals surface area contributed by atoms with Crippen LogP contribution in [-0.4, -0.2) is 0 Å². The summed E-state index contributed by atoms with van der Waals surface area (Å²) in [5.41, 5.74) is 5.71. The third kappa shape index (κ3) is 2.32. The molecular formula is C25H20O. The van der Waals surface area contributed by atoms with E-state index < -0.39 is 0 Å². The highest BCUT2D eigenvalue weighted by Crippen LogP contribution is 2.35. The largest absolute Gasteiger partial charge is 0.456 e. The summed E-state index contributed by atoms with van der Waals surface area (Å²) in [5, 5.41) is 4.92. The zero-order chi connectivity index (χ0) is 17.7. The van der Waals surface area contributed by atoms with E-state index in [1.54, 1.807) is 0 Å². The van der Waals surface area contributed by atoms with E-state index in [0.29, 0.717) is 5.92 Å². The van der Waals surface area contributed by atoms with Crippen LogP contribution in [0.4, 0.5) is 0 Å². The van der Waals surface area contributed by atoms with E-state index in [0.717, 1.165) is 11.2 Å². The fourth-order valence-corrected chi connectivity index (χ4v) is 3.79. The van der Waals surface area contributed by atoms with Gasteiger partial charge in [0, 0.05) is 10.8 Å². The number of hydrogen-bond donors (Lipinski definition) is 0. The van der Waals surface area contributed by atoms with Crippen molar-refractivity contribution in [1.82, 2.24) is 0 Å². The van der Waals surface area contributed by atoms with E-state index in [9.17, 15) is 0 Å². The van der Waals surface area contributed by atoms with Gasteiger partial charge < -0.3 is 4.42 Å². The summed E-state index contributed by atoms with van der Waals surface area (Å²) in [6, 6.07) is 28.1. The summed E-state index contributed by atoms with van der Waals surface area (Å²) in [6.45, 7) is 4.48. The van der Waals surface area contributed by atoms with Crippen LogP contribution in [-0.2, 0) is 0 Å². The second-order valence-electron chi connectivity index (χ2n) is 7.25. The van der Waals surface area contributed by atoms with Crippen molar-refractivity contribution in [1.29, 1.82) is 0 Å². The molecule has 0 fully saturated rings. The summed E-state index contributed by atoms with van der Waals surface area (Å²) in [7, 11) is 0. The molecule has 0 unspecified atom stereocenters. The molecule has 0 aliphatic rings. The molecule has 0 N–H and O–H groups in total. The van der Waals surface area contributed by atoms with Gasteiger partial charge in [-0.15, -0.1) is 0 Å². The third-order valence-electron chi connectivity index (χ3n) is 5.26. The fourth-order valence-electron chi connectivity index (χ4n) is 3.79. The van der Waals surface area contributed by atoms with Gasteiger partial charge in [0.2, 0.25) is 0 Å². The Morgan fingerprint density at radius 1 is 0.654 bits per heavy atom. The Morgan fingerprint density at radius 3 is 2.38 bits per heavy atom. The Kier molecular flexibility index (Phi) is 3.36. The van der Waals surface area contributed by atoms with Gasteiger partial charge in [0.15, 0.2) is 0 Å². The molecule has 1 heteroatoms. The standard InChI is InChI=1S/C25H20O/c1-16(2)18-11-10-17-6-5-8-20(23(17)14-18)19-12-13-22-21-7-3-4-9-24(21)26-25(22)15-19/h3-16H,1-2H3. The van der Waals surface area contributed by atoms with E-state index in [4.69, 9.17) is 4.42 Å². The van der Waals surface area contributed by atoms with Crippen LogP contribution in [0.2, 0.25) is 0 Å². The van der Waals surface area contributed by atoms with Gasteiger partial charge in [-0.05, 0) is 51.6 Å². The van der Waals surface area contributed by atoms with Crippen LogP contribution < -0.4 is 0 Å². The Bertz CT molecular complexity index is 1260. The van der Waals surface area contributed by atoms with E-state index in [2.05, 4.69) is 80.6 Å². The van der Waals surface area contributed by atoms with Crippen LogP contribution in [0.3, 0.4) is 0 Å². The average molecular weight is 336 g/mol. The SMILES string of the molecule is CC(C)c1ccc2cccc(-c3ccc4c(c3)oc3ccccc34)c2c1. The fraction of sp³-hybridized carbons (Fsp3) is 0.120. The van der Waals surface area contributed by atoms with E-state index in [1.807, 2.05) is 12.1 Å². The molecule has 0 aliphatic heterocycles. The van der Waals surface area contributed by atoms with Crippen molar-refractivity contribution in [3.63, 3.8) is 0 Å². The first-order valence-electron chi connectivity index (χ1n) is 9.15. The quantitative estimate of drug-likeness (QED) is 0.325. The molecular weight excluding hydrogens is 316 g/mol. The lowest BCUT2D eigenvalue weighted by Crippen LogP contribution is -1.88. The number of furan rings is 1. The van der Waals surface area contributed by atoms with Crippen molar-refractivity contribution in [2.24, 2.45) is 0 Å². The molecule has 0 atom stereocenters. The van der Waals surface area contributed by atoms with E-state index >= 15 is 0 Å². The van der Waals surface area contributed by atoms with Crippen LogP contribution in [0.5, 0.6) is 0 Å². The zero-order valence-electron chi connectivity index (χ0n) is 15.0. The molecule has 1 aromatic heterocycles. The Hall–Kier alpha value is -3.06. The van der Waals surface area contributed by atoms with Crippen LogP contribution in [0.25, 0.3) is 43.8 Å². The normalized spacial score (nSPS) is 11.8. The van der Waals surface area contributed by atoms with Gasteiger partial charge in [0.25, 0.3) is 0 Å². The van der Waals surface area contributed by atoms with Crippen LogP contribution in [0.15, 0.2) is 83.3 Å². The molecule has 0 amide bonds. The highest BCUT2D eigenvalue weighted by atomic mass is 16.3. The Morgan fingerprint density at radius 2 is 1.50 bits per heavy atom. The molecule has 5 aromatic rings. The van der Waals surface area contributed by atoms with E-state index in [1.165, 1.54) is 38.2 Å². The zero-order valence-corrected chi connectivity index (χ0v) is 15.0. The molecule has 0 saturated carbocycles. The summed E-state index contributed by atoms with van der Waals surface area (Å²) in [5.74, 6) is 0.519. The summed E-state index contributed by atoms with van der Waals surface area (Å²) in [4.78, 5) is 0. The summed E-state index contributed by atoms with van der Waals surface area (Å²) in [6.07, 6.45) is 0. The van der Waals surface area contributed by atoms with Crippen LogP contribution >= 0.6 is 0 Å². The Labute approximate surface area is 152 Å². The topological polar surface area (TPSA) is 13.1 Å². The molecule has 1 heterocycles. The average Bonchev–Trinajstić information content (AvgIpc) is 3.04. The number of hydrogen-bond acceptors (Lipinski definition) is 1. The lowest BCUT2D eigenvalue weighted by Gasteiger charge is -2.11. The van der Waals surface area contributed by atoms with E-state index in [-0.39, 0.29) is 0 Å². The monoisotopic (exact) mass is 336 g/mol. The van der Waals surface area contributed by atoms with Gasteiger partial charge in [0.1, 0.15) is 11.2 Å². The minimum absolute atomic E-state index is 0.519. The van der Waals surface area contributed by atoms with Gasteiger partial charge in [0.05, 0.1) is 0 Å². The van der Waals surface area contributed by atoms with Crippen molar-refractivity contribution >= 4 is 32.7 Å². The number of fused-ring (bicyclic) bond motifs is 4. The Balaban J connectivity index is 1.76. The molecule has 0 aliphatic carbocycles. The van der Waals surface area contributed by atoms with Gasteiger partial charge in [-0.25, -0.2) is 0 Å². The second-order valence-corrected chi connectivity index (χ2v) is 7.25. The lowest BCUT2D eigenvalue weighted by atomic mass is 9.93. The molecule has 4 aromatic carbocycles. The smallest absolute Gasteiger partial charge is 0.136 e. The number of benzene rings is 4. The van der Waals surface area contributed by atoms with Gasteiger partial charge in [-0.2, -0.15) is 0 Å². The van der Waals surface area contributed by atoms with Gasteiger partial charge in [-0.1, -0.05) is 74.5 Å². The second kappa shape index (κ2) is 5.74. The maximum Gasteiger partial charge on any atom is 0.136 e. The first-order valence-corrected chi connectivity index (χ1v) is 9.15. The summed E-state index contributed by atoms with van der Waals surface area (Å²) < 4.78 is 6.09. The molecule has 5 rings (SSSR count). The molecule has 0 spiro atoms. The minimum atomic E-state index is 0.519. The molecule has 26 heavy (non-hydrogen) atoms. The maximum atomic E-state index is 6.09. The highest BCUT2D eigenvalue weighted by Gasteiger charge is 2.10. The van der Waals surface area contributed by atoms with Crippen LogP contribution in [0.1, 0.15) is 25.3 Å². The minimum Gasteiger partial charge on any atom is -0.456 e. The van der Waals surface area contributed by atoms with Crippen molar-refractivity contribution in [2.45, 2.75) is 19.8 Å². The third-order valence-corrected chi connectivity index (χ3v) is 5.26. The number of para-hydroxylation sites is 1.